The van der Waals surface area contributed by atoms with E-state index in [2.05, 4.69) is 74.5 Å². The third kappa shape index (κ3) is 3.25. The van der Waals surface area contributed by atoms with E-state index in [1.807, 2.05) is 0 Å². The summed E-state index contributed by atoms with van der Waals surface area (Å²) in [7, 11) is 4.13. The molecule has 0 fully saturated rings. The zero-order chi connectivity index (χ0) is 15.3. The molecule has 2 rings (SSSR count). The molecule has 1 atom stereocenters. The van der Waals surface area contributed by atoms with Gasteiger partial charge in [-0.1, -0.05) is 55.8 Å². The molecule has 0 aliphatic rings. The van der Waals surface area contributed by atoms with Gasteiger partial charge in [0.2, 0.25) is 0 Å². The van der Waals surface area contributed by atoms with E-state index in [0.29, 0.717) is 0 Å². The zero-order valence-electron chi connectivity index (χ0n) is 13.3. The van der Waals surface area contributed by atoms with Gasteiger partial charge in [-0.25, -0.2) is 0 Å². The summed E-state index contributed by atoms with van der Waals surface area (Å²) in [5.41, 5.74) is 0.798. The topological polar surface area (TPSA) is 27.0 Å². The minimum Gasteiger partial charge on any atom is -0.309 e. The minimum absolute atomic E-state index is 0.389. The Kier molecular flexibility index (Phi) is 4.98. The first-order chi connectivity index (χ1) is 10.1. The van der Waals surface area contributed by atoms with Gasteiger partial charge in [-0.05, 0) is 49.8 Å². The lowest BCUT2D eigenvalue weighted by Gasteiger charge is -2.29. The molecule has 0 aliphatic heterocycles. The maximum absolute atomic E-state index is 9.96. The van der Waals surface area contributed by atoms with Crippen molar-refractivity contribution in [3.05, 3.63) is 48.0 Å². The van der Waals surface area contributed by atoms with Crippen LogP contribution in [0.2, 0.25) is 0 Å². The van der Waals surface area contributed by atoms with E-state index in [4.69, 9.17) is 0 Å². The molecule has 2 aromatic rings. The molecule has 21 heavy (non-hydrogen) atoms. The first-order valence-electron chi connectivity index (χ1n) is 7.67. The van der Waals surface area contributed by atoms with Gasteiger partial charge >= 0.3 is 0 Å². The summed E-state index contributed by atoms with van der Waals surface area (Å²) in [4.78, 5) is 2.16. The molecule has 0 spiro atoms. The van der Waals surface area contributed by atoms with Gasteiger partial charge in [0.1, 0.15) is 0 Å². The molecule has 0 aliphatic carbocycles. The average Bonchev–Trinajstić information content (AvgIpc) is 2.51. The molecule has 0 amide bonds. The van der Waals surface area contributed by atoms with E-state index in [1.165, 1.54) is 16.3 Å². The van der Waals surface area contributed by atoms with Crippen molar-refractivity contribution < 1.29 is 0 Å². The molecule has 0 bridgehead atoms. The van der Waals surface area contributed by atoms with E-state index in [0.717, 1.165) is 25.8 Å². The molecule has 0 unspecified atom stereocenters. The standard InChI is InChI=1S/C19H24N2/c1-4-12-19(15-20,13-14-21(2)3)18-11-7-9-16-8-5-6-10-17(16)18/h5-11H,4,12-14H2,1-3H3/t19-/m0/s1. The second kappa shape index (κ2) is 6.74. The minimum atomic E-state index is -0.389. The summed E-state index contributed by atoms with van der Waals surface area (Å²) in [6.45, 7) is 3.09. The van der Waals surface area contributed by atoms with Gasteiger partial charge in [0.25, 0.3) is 0 Å². The second-order valence-electron chi connectivity index (χ2n) is 6.02. The molecule has 0 saturated carbocycles. The van der Waals surface area contributed by atoms with Crippen LogP contribution in [0.5, 0.6) is 0 Å². The predicted molar refractivity (Wildman–Crippen MR) is 89.3 cm³/mol. The van der Waals surface area contributed by atoms with Crippen molar-refractivity contribution in [2.24, 2.45) is 0 Å². The third-order valence-corrected chi connectivity index (χ3v) is 4.18. The Balaban J connectivity index is 2.55. The lowest BCUT2D eigenvalue weighted by molar-refractivity contribution is 0.342. The summed E-state index contributed by atoms with van der Waals surface area (Å²) < 4.78 is 0. The van der Waals surface area contributed by atoms with Crippen molar-refractivity contribution in [3.63, 3.8) is 0 Å². The number of benzene rings is 2. The summed E-state index contributed by atoms with van der Waals surface area (Å²) in [6, 6.07) is 17.4. The Labute approximate surface area is 128 Å². The van der Waals surface area contributed by atoms with Gasteiger partial charge in [-0.3, -0.25) is 0 Å². The van der Waals surface area contributed by atoms with Crippen molar-refractivity contribution in [3.8, 4) is 6.07 Å². The number of fused-ring (bicyclic) bond motifs is 1. The van der Waals surface area contributed by atoms with Crippen LogP contribution >= 0.6 is 0 Å². The van der Waals surface area contributed by atoms with Crippen LogP contribution in [0.3, 0.4) is 0 Å². The lowest BCUT2D eigenvalue weighted by Crippen LogP contribution is -2.29. The molecular formula is C19H24N2. The quantitative estimate of drug-likeness (QED) is 0.786. The van der Waals surface area contributed by atoms with Gasteiger partial charge in [-0.2, -0.15) is 5.26 Å². The Morgan fingerprint density at radius 3 is 2.43 bits per heavy atom. The first kappa shape index (κ1) is 15.5. The average molecular weight is 280 g/mol. The molecule has 0 aromatic heterocycles. The molecule has 2 aromatic carbocycles. The van der Waals surface area contributed by atoms with Crippen LogP contribution in [0, 0.1) is 11.3 Å². The third-order valence-electron chi connectivity index (χ3n) is 4.18. The number of nitrogens with zero attached hydrogens (tertiary/aromatic N) is 2. The van der Waals surface area contributed by atoms with Crippen LogP contribution in [0.1, 0.15) is 31.7 Å². The predicted octanol–water partition coefficient (Wildman–Crippen LogP) is 4.35. The van der Waals surface area contributed by atoms with Gasteiger partial charge in [0.15, 0.2) is 0 Å². The molecule has 0 heterocycles. The fraction of sp³-hybridized carbons (Fsp3) is 0.421. The molecular weight excluding hydrogens is 256 g/mol. The molecule has 0 N–H and O–H groups in total. The lowest BCUT2D eigenvalue weighted by atomic mass is 9.73. The maximum atomic E-state index is 9.96. The van der Waals surface area contributed by atoms with Crippen LogP contribution in [-0.4, -0.2) is 25.5 Å². The van der Waals surface area contributed by atoms with E-state index in [1.54, 1.807) is 0 Å². The monoisotopic (exact) mass is 280 g/mol. The highest BCUT2D eigenvalue weighted by molar-refractivity contribution is 5.87. The van der Waals surface area contributed by atoms with E-state index < -0.39 is 0 Å². The SMILES string of the molecule is CCC[C@@](C#N)(CCN(C)C)c1cccc2ccccc12. The first-order valence-corrected chi connectivity index (χ1v) is 7.67. The van der Waals surface area contributed by atoms with Crippen molar-refractivity contribution in [2.45, 2.75) is 31.6 Å². The summed E-state index contributed by atoms with van der Waals surface area (Å²) in [6.07, 6.45) is 2.80. The smallest absolute Gasteiger partial charge is 0.0840 e. The van der Waals surface area contributed by atoms with Crippen molar-refractivity contribution in [2.75, 3.05) is 20.6 Å². The number of hydrogen-bond acceptors (Lipinski definition) is 2. The van der Waals surface area contributed by atoms with Gasteiger partial charge < -0.3 is 4.90 Å². The van der Waals surface area contributed by atoms with Gasteiger partial charge in [0, 0.05) is 0 Å². The zero-order valence-corrected chi connectivity index (χ0v) is 13.3. The molecule has 110 valence electrons. The highest BCUT2D eigenvalue weighted by Gasteiger charge is 2.32. The van der Waals surface area contributed by atoms with Crippen molar-refractivity contribution in [1.82, 2.24) is 4.90 Å². The van der Waals surface area contributed by atoms with E-state index in [-0.39, 0.29) is 5.41 Å². The van der Waals surface area contributed by atoms with E-state index >= 15 is 0 Å². The number of rotatable bonds is 6. The highest BCUT2D eigenvalue weighted by atomic mass is 15.0. The van der Waals surface area contributed by atoms with Gasteiger partial charge in [-0.15, -0.1) is 0 Å². The highest BCUT2D eigenvalue weighted by Crippen LogP contribution is 2.37. The molecule has 0 radical (unpaired) electrons. The fourth-order valence-corrected chi connectivity index (χ4v) is 3.05. The van der Waals surface area contributed by atoms with Crippen LogP contribution in [-0.2, 0) is 5.41 Å². The Bertz CT molecular complexity index is 634. The summed E-state index contributed by atoms with van der Waals surface area (Å²) >= 11 is 0. The van der Waals surface area contributed by atoms with Crippen molar-refractivity contribution in [1.29, 1.82) is 5.26 Å². The number of hydrogen-bond donors (Lipinski definition) is 0. The molecule has 2 nitrogen and oxygen atoms in total. The van der Waals surface area contributed by atoms with Crippen LogP contribution in [0.25, 0.3) is 10.8 Å². The molecule has 2 heteroatoms. The maximum Gasteiger partial charge on any atom is 0.0840 e. The Morgan fingerprint density at radius 2 is 1.76 bits per heavy atom. The van der Waals surface area contributed by atoms with E-state index in [9.17, 15) is 5.26 Å². The largest absolute Gasteiger partial charge is 0.309 e. The molecule has 0 saturated heterocycles. The normalized spacial score (nSPS) is 14.0. The second-order valence-corrected chi connectivity index (χ2v) is 6.02. The Hall–Kier alpha value is -1.85. The van der Waals surface area contributed by atoms with Gasteiger partial charge in [0.05, 0.1) is 11.5 Å². The van der Waals surface area contributed by atoms with Crippen LogP contribution in [0.15, 0.2) is 42.5 Å². The summed E-state index contributed by atoms with van der Waals surface area (Å²) in [5, 5.41) is 12.4. The number of nitriles is 1. The Morgan fingerprint density at radius 1 is 1.05 bits per heavy atom. The summed E-state index contributed by atoms with van der Waals surface area (Å²) in [5.74, 6) is 0. The van der Waals surface area contributed by atoms with Crippen LogP contribution in [0.4, 0.5) is 0 Å². The van der Waals surface area contributed by atoms with Crippen LogP contribution < -0.4 is 0 Å². The fourth-order valence-electron chi connectivity index (χ4n) is 3.05. The van der Waals surface area contributed by atoms with Crippen molar-refractivity contribution >= 4 is 10.8 Å².